The van der Waals surface area contributed by atoms with Gasteiger partial charge in [-0.2, -0.15) is 0 Å². The lowest BCUT2D eigenvalue weighted by Crippen LogP contribution is -2.13. The minimum atomic E-state index is -3.81. The molecule has 0 saturated carbocycles. The van der Waals surface area contributed by atoms with E-state index in [1.54, 1.807) is 18.2 Å². The van der Waals surface area contributed by atoms with Crippen LogP contribution in [0.1, 0.15) is 0 Å². The van der Waals surface area contributed by atoms with E-state index in [1.165, 1.54) is 25.4 Å². The van der Waals surface area contributed by atoms with Gasteiger partial charge in [0.05, 0.1) is 12.8 Å². The molecular formula is C12H10BrClN2O3S. The number of hydrogen-bond acceptors (Lipinski definition) is 4. The molecule has 1 aromatic heterocycles. The van der Waals surface area contributed by atoms with E-state index in [-0.39, 0.29) is 10.0 Å². The first-order valence-corrected chi connectivity index (χ1v) is 8.06. The van der Waals surface area contributed by atoms with E-state index in [0.29, 0.717) is 15.9 Å². The molecule has 1 aromatic carbocycles. The molecule has 0 amide bonds. The third-order valence-electron chi connectivity index (χ3n) is 2.37. The van der Waals surface area contributed by atoms with Crippen molar-refractivity contribution in [2.75, 3.05) is 11.8 Å². The van der Waals surface area contributed by atoms with Crippen LogP contribution in [0.4, 0.5) is 5.69 Å². The second-order valence-electron chi connectivity index (χ2n) is 3.78. The van der Waals surface area contributed by atoms with E-state index in [9.17, 15) is 8.42 Å². The number of ether oxygens (including phenoxy) is 1. The molecule has 106 valence electrons. The fourth-order valence-electron chi connectivity index (χ4n) is 1.52. The standard InChI is InChI=1S/C12H10BrClN2O3S/c1-19-10-6-8(13)5-9(7-10)16-20(17,18)11-3-2-4-15-12(11)14/h2-7,16H,1H3. The highest BCUT2D eigenvalue weighted by molar-refractivity contribution is 9.10. The number of methoxy groups -OCH3 is 1. The second-order valence-corrected chi connectivity index (χ2v) is 6.70. The van der Waals surface area contributed by atoms with Gasteiger partial charge < -0.3 is 4.74 Å². The van der Waals surface area contributed by atoms with Gasteiger partial charge in [-0.3, -0.25) is 4.72 Å². The van der Waals surface area contributed by atoms with Crippen molar-refractivity contribution in [1.82, 2.24) is 4.98 Å². The molecule has 0 bridgehead atoms. The van der Waals surface area contributed by atoms with Crippen molar-refractivity contribution in [3.05, 3.63) is 46.2 Å². The van der Waals surface area contributed by atoms with Gasteiger partial charge in [0, 0.05) is 16.7 Å². The number of nitrogens with zero attached hydrogens (tertiary/aromatic N) is 1. The predicted octanol–water partition coefficient (Wildman–Crippen LogP) is 3.31. The highest BCUT2D eigenvalue weighted by Gasteiger charge is 2.18. The highest BCUT2D eigenvalue weighted by Crippen LogP contribution is 2.27. The van der Waals surface area contributed by atoms with Crippen LogP contribution in [0.5, 0.6) is 5.75 Å². The van der Waals surface area contributed by atoms with Crippen LogP contribution in [0.15, 0.2) is 45.9 Å². The van der Waals surface area contributed by atoms with Crippen molar-refractivity contribution in [2.24, 2.45) is 0 Å². The Hall–Kier alpha value is -1.31. The maximum atomic E-state index is 12.2. The quantitative estimate of drug-likeness (QED) is 0.830. The zero-order chi connectivity index (χ0) is 14.8. The number of pyridine rings is 1. The molecule has 0 aliphatic carbocycles. The summed E-state index contributed by atoms with van der Waals surface area (Å²) in [5.41, 5.74) is 0.358. The van der Waals surface area contributed by atoms with E-state index >= 15 is 0 Å². The highest BCUT2D eigenvalue weighted by atomic mass is 79.9. The molecule has 2 rings (SSSR count). The van der Waals surface area contributed by atoms with Crippen molar-refractivity contribution < 1.29 is 13.2 Å². The number of rotatable bonds is 4. The Morgan fingerprint density at radius 2 is 2.10 bits per heavy atom. The molecule has 8 heteroatoms. The summed E-state index contributed by atoms with van der Waals surface area (Å²) in [6.07, 6.45) is 1.42. The third-order valence-corrected chi connectivity index (χ3v) is 4.66. The van der Waals surface area contributed by atoms with Crippen LogP contribution >= 0.6 is 27.5 Å². The SMILES string of the molecule is COc1cc(Br)cc(NS(=O)(=O)c2cccnc2Cl)c1. The minimum absolute atomic E-state index is 0.0815. The van der Waals surface area contributed by atoms with Gasteiger partial charge in [-0.1, -0.05) is 27.5 Å². The van der Waals surface area contributed by atoms with E-state index in [2.05, 4.69) is 25.6 Å². The van der Waals surface area contributed by atoms with Gasteiger partial charge in [-0.05, 0) is 24.3 Å². The van der Waals surface area contributed by atoms with Gasteiger partial charge in [0.1, 0.15) is 15.8 Å². The summed E-state index contributed by atoms with van der Waals surface area (Å²) in [5, 5.41) is -0.0815. The molecule has 0 saturated heterocycles. The number of hydrogen-bond donors (Lipinski definition) is 1. The molecule has 0 radical (unpaired) electrons. The van der Waals surface area contributed by atoms with Crippen LogP contribution < -0.4 is 9.46 Å². The van der Waals surface area contributed by atoms with Crippen molar-refractivity contribution in [2.45, 2.75) is 4.90 Å². The largest absolute Gasteiger partial charge is 0.497 e. The van der Waals surface area contributed by atoms with Crippen LogP contribution in [-0.4, -0.2) is 20.5 Å². The Kier molecular flexibility index (Phi) is 4.52. The van der Waals surface area contributed by atoms with Gasteiger partial charge in [-0.15, -0.1) is 0 Å². The van der Waals surface area contributed by atoms with Crippen molar-refractivity contribution in [1.29, 1.82) is 0 Å². The van der Waals surface area contributed by atoms with Crippen LogP contribution in [0.25, 0.3) is 0 Å². The number of anilines is 1. The van der Waals surface area contributed by atoms with Crippen molar-refractivity contribution in [3.8, 4) is 5.75 Å². The first kappa shape index (κ1) is 15.1. The third kappa shape index (κ3) is 3.41. The maximum absolute atomic E-state index is 12.2. The lowest BCUT2D eigenvalue weighted by Gasteiger charge is -2.10. The molecular weight excluding hydrogens is 368 g/mol. The van der Waals surface area contributed by atoms with Crippen molar-refractivity contribution in [3.63, 3.8) is 0 Å². The molecule has 0 spiro atoms. The summed E-state index contributed by atoms with van der Waals surface area (Å²) in [4.78, 5) is 3.67. The fourth-order valence-corrected chi connectivity index (χ4v) is 3.49. The molecule has 0 fully saturated rings. The van der Waals surface area contributed by atoms with Gasteiger partial charge in [0.2, 0.25) is 0 Å². The first-order valence-electron chi connectivity index (χ1n) is 5.40. The zero-order valence-corrected chi connectivity index (χ0v) is 13.5. The second kappa shape index (κ2) is 5.99. The number of halogens is 2. The van der Waals surface area contributed by atoms with E-state index < -0.39 is 10.0 Å². The summed E-state index contributed by atoms with van der Waals surface area (Å²) in [6.45, 7) is 0. The predicted molar refractivity (Wildman–Crippen MR) is 80.7 cm³/mol. The topological polar surface area (TPSA) is 68.3 Å². The van der Waals surface area contributed by atoms with Gasteiger partial charge in [-0.25, -0.2) is 13.4 Å². The number of nitrogens with one attached hydrogen (secondary N) is 1. The Morgan fingerprint density at radius 3 is 2.75 bits per heavy atom. The average Bonchev–Trinajstić information content (AvgIpc) is 2.37. The molecule has 0 unspecified atom stereocenters. The molecule has 1 heterocycles. The molecule has 0 aliphatic rings. The Bertz CT molecular complexity index is 737. The molecule has 5 nitrogen and oxygen atoms in total. The number of aromatic nitrogens is 1. The Labute approximate surface area is 130 Å². The number of benzene rings is 1. The monoisotopic (exact) mass is 376 g/mol. The van der Waals surface area contributed by atoms with E-state index in [1.807, 2.05) is 0 Å². The number of sulfonamides is 1. The zero-order valence-electron chi connectivity index (χ0n) is 10.3. The van der Waals surface area contributed by atoms with Gasteiger partial charge >= 0.3 is 0 Å². The van der Waals surface area contributed by atoms with Gasteiger partial charge in [0.25, 0.3) is 10.0 Å². The molecule has 2 aromatic rings. The average molecular weight is 378 g/mol. The van der Waals surface area contributed by atoms with Crippen LogP contribution in [-0.2, 0) is 10.0 Å². The van der Waals surface area contributed by atoms with Crippen LogP contribution in [0.3, 0.4) is 0 Å². The smallest absolute Gasteiger partial charge is 0.264 e. The molecule has 20 heavy (non-hydrogen) atoms. The summed E-state index contributed by atoms with van der Waals surface area (Å²) in [7, 11) is -2.31. The first-order chi connectivity index (χ1) is 9.42. The summed E-state index contributed by atoms with van der Waals surface area (Å²) in [6, 6.07) is 7.78. The van der Waals surface area contributed by atoms with Gasteiger partial charge in [0.15, 0.2) is 0 Å². The van der Waals surface area contributed by atoms with E-state index in [0.717, 1.165) is 0 Å². The lowest BCUT2D eigenvalue weighted by atomic mass is 10.3. The minimum Gasteiger partial charge on any atom is -0.497 e. The van der Waals surface area contributed by atoms with E-state index in [4.69, 9.17) is 16.3 Å². The maximum Gasteiger partial charge on any atom is 0.264 e. The molecule has 1 N–H and O–H groups in total. The Balaban J connectivity index is 2.38. The van der Waals surface area contributed by atoms with Crippen molar-refractivity contribution >= 4 is 43.2 Å². The summed E-state index contributed by atoms with van der Waals surface area (Å²) in [5.74, 6) is 0.523. The normalized spacial score (nSPS) is 11.2. The van der Waals surface area contributed by atoms with Crippen LogP contribution in [0.2, 0.25) is 5.15 Å². The lowest BCUT2D eigenvalue weighted by molar-refractivity contribution is 0.415. The summed E-state index contributed by atoms with van der Waals surface area (Å²) < 4.78 is 32.7. The summed E-state index contributed by atoms with van der Waals surface area (Å²) >= 11 is 9.08. The Morgan fingerprint density at radius 1 is 1.35 bits per heavy atom. The van der Waals surface area contributed by atoms with Crippen LogP contribution in [0, 0.1) is 0 Å². The molecule has 0 atom stereocenters. The molecule has 0 aliphatic heterocycles. The fraction of sp³-hybridized carbons (Fsp3) is 0.0833.